The number of carboxylic acid groups (broad SMARTS) is 1. The number of nitrogens with two attached hydrogens (primary N) is 1. The van der Waals surface area contributed by atoms with Crippen molar-refractivity contribution in [3.63, 3.8) is 0 Å². The normalized spacial score (nSPS) is 9.50. The molecule has 0 bridgehead atoms. The minimum atomic E-state index is -1.11. The number of rotatable bonds is 2. The summed E-state index contributed by atoms with van der Waals surface area (Å²) in [6.07, 6.45) is 0. The largest absolute Gasteiger partial charge is 0.478 e. The molecule has 0 saturated carbocycles. The van der Waals surface area contributed by atoms with Crippen LogP contribution in [0, 0.1) is 11.3 Å². The monoisotopic (exact) mass is 208 g/mol. The summed E-state index contributed by atoms with van der Waals surface area (Å²) in [6.45, 7) is 0.161. The number of carbonyl (C=O) groups is 1. The second kappa shape index (κ2) is 4.13. The number of nitrogens with zero attached hydrogens (tertiary/aromatic N) is 1. The summed E-state index contributed by atoms with van der Waals surface area (Å²) >= 11 is 4.05. The zero-order valence-electron chi connectivity index (χ0n) is 7.19. The van der Waals surface area contributed by atoms with Crippen LogP contribution in [0.15, 0.2) is 17.0 Å². The summed E-state index contributed by atoms with van der Waals surface area (Å²) in [4.78, 5) is 11.1. The maximum absolute atomic E-state index is 10.8. The summed E-state index contributed by atoms with van der Waals surface area (Å²) in [5.41, 5.74) is 6.24. The van der Waals surface area contributed by atoms with Gasteiger partial charge in [-0.3, -0.25) is 0 Å². The molecule has 0 amide bonds. The van der Waals surface area contributed by atoms with Crippen molar-refractivity contribution in [1.29, 1.82) is 5.26 Å². The number of benzene rings is 1. The summed E-state index contributed by atoms with van der Waals surface area (Å²) in [7, 11) is 0. The van der Waals surface area contributed by atoms with Gasteiger partial charge in [0.05, 0.1) is 17.2 Å². The Kier molecular flexibility index (Phi) is 3.12. The quantitative estimate of drug-likeness (QED) is 0.633. The van der Waals surface area contributed by atoms with Gasteiger partial charge in [0.15, 0.2) is 0 Å². The predicted octanol–water partition coefficient (Wildman–Crippen LogP) is 1.00. The van der Waals surface area contributed by atoms with Gasteiger partial charge >= 0.3 is 5.97 Å². The highest BCUT2D eigenvalue weighted by Crippen LogP contribution is 2.21. The molecule has 14 heavy (non-hydrogen) atoms. The lowest BCUT2D eigenvalue weighted by Gasteiger charge is -2.06. The lowest BCUT2D eigenvalue weighted by Crippen LogP contribution is -2.05. The number of nitriles is 1. The van der Waals surface area contributed by atoms with E-state index < -0.39 is 5.97 Å². The first-order valence-electron chi connectivity index (χ1n) is 3.79. The van der Waals surface area contributed by atoms with E-state index in [4.69, 9.17) is 16.1 Å². The zero-order valence-corrected chi connectivity index (χ0v) is 8.08. The standard InChI is InChI=1S/C9H8N2O2S/c10-3-5-1-6(4-11)8(14)7(2-5)9(12)13/h1-2,14H,4,11H2,(H,12,13). The first-order chi connectivity index (χ1) is 6.60. The molecule has 0 atom stereocenters. The zero-order chi connectivity index (χ0) is 10.7. The molecule has 5 heteroatoms. The van der Waals surface area contributed by atoms with Gasteiger partial charge in [0.2, 0.25) is 0 Å². The number of thiol groups is 1. The van der Waals surface area contributed by atoms with Crippen LogP contribution in [-0.2, 0) is 6.54 Å². The number of aromatic carboxylic acids is 1. The summed E-state index contributed by atoms with van der Waals surface area (Å²) in [5, 5.41) is 17.5. The highest BCUT2D eigenvalue weighted by Gasteiger charge is 2.12. The molecule has 0 fully saturated rings. The van der Waals surface area contributed by atoms with Crippen LogP contribution in [0.1, 0.15) is 21.5 Å². The number of carboxylic acids is 1. The molecular weight excluding hydrogens is 200 g/mol. The van der Waals surface area contributed by atoms with Gasteiger partial charge in [-0.2, -0.15) is 5.26 Å². The van der Waals surface area contributed by atoms with Crippen molar-refractivity contribution in [1.82, 2.24) is 0 Å². The molecule has 0 spiro atoms. The molecule has 1 rings (SSSR count). The van der Waals surface area contributed by atoms with Crippen LogP contribution in [0.2, 0.25) is 0 Å². The number of hydrogen-bond acceptors (Lipinski definition) is 4. The third kappa shape index (κ3) is 1.87. The van der Waals surface area contributed by atoms with Crippen LogP contribution in [0.3, 0.4) is 0 Å². The first kappa shape index (κ1) is 10.6. The summed E-state index contributed by atoms with van der Waals surface area (Å²) in [6, 6.07) is 4.69. The SMILES string of the molecule is N#Cc1cc(CN)c(S)c(C(=O)O)c1. The lowest BCUT2D eigenvalue weighted by molar-refractivity contribution is 0.0693. The topological polar surface area (TPSA) is 87.1 Å². The Morgan fingerprint density at radius 3 is 2.71 bits per heavy atom. The first-order valence-corrected chi connectivity index (χ1v) is 4.24. The van der Waals surface area contributed by atoms with Crippen LogP contribution in [-0.4, -0.2) is 11.1 Å². The second-order valence-corrected chi connectivity index (χ2v) is 3.10. The van der Waals surface area contributed by atoms with Crippen molar-refractivity contribution >= 4 is 18.6 Å². The molecule has 4 nitrogen and oxygen atoms in total. The highest BCUT2D eigenvalue weighted by molar-refractivity contribution is 7.80. The van der Waals surface area contributed by atoms with Gasteiger partial charge in [0, 0.05) is 11.4 Å². The van der Waals surface area contributed by atoms with E-state index in [9.17, 15) is 4.79 Å². The molecule has 0 unspecified atom stereocenters. The van der Waals surface area contributed by atoms with E-state index in [1.165, 1.54) is 12.1 Å². The summed E-state index contributed by atoms with van der Waals surface area (Å²) < 4.78 is 0. The van der Waals surface area contributed by atoms with Crippen LogP contribution < -0.4 is 5.73 Å². The van der Waals surface area contributed by atoms with Crippen molar-refractivity contribution in [3.8, 4) is 6.07 Å². The maximum atomic E-state index is 10.8. The molecule has 0 aliphatic carbocycles. The lowest BCUT2D eigenvalue weighted by atomic mass is 10.1. The van der Waals surface area contributed by atoms with Gasteiger partial charge in [0.1, 0.15) is 0 Å². The van der Waals surface area contributed by atoms with E-state index in [-0.39, 0.29) is 17.7 Å². The maximum Gasteiger partial charge on any atom is 0.336 e. The van der Waals surface area contributed by atoms with E-state index in [1.807, 2.05) is 6.07 Å². The molecule has 0 aromatic heterocycles. The molecule has 1 aromatic carbocycles. The Bertz CT molecular complexity index is 424. The minimum Gasteiger partial charge on any atom is -0.478 e. The molecule has 3 N–H and O–H groups in total. The Labute approximate surface area is 86.4 Å². The smallest absolute Gasteiger partial charge is 0.336 e. The molecule has 0 aliphatic rings. The Balaban J connectivity index is 3.44. The van der Waals surface area contributed by atoms with E-state index in [0.717, 1.165) is 0 Å². The second-order valence-electron chi connectivity index (χ2n) is 2.65. The molecular formula is C9H8N2O2S. The predicted molar refractivity (Wildman–Crippen MR) is 53.3 cm³/mol. The van der Waals surface area contributed by atoms with Crippen molar-refractivity contribution < 1.29 is 9.90 Å². The van der Waals surface area contributed by atoms with Crippen molar-refractivity contribution in [2.24, 2.45) is 5.73 Å². The fourth-order valence-corrected chi connectivity index (χ4v) is 1.39. The van der Waals surface area contributed by atoms with E-state index in [1.54, 1.807) is 0 Å². The molecule has 1 aromatic rings. The highest BCUT2D eigenvalue weighted by atomic mass is 32.1. The Morgan fingerprint density at radius 1 is 1.64 bits per heavy atom. The van der Waals surface area contributed by atoms with Crippen LogP contribution in [0.25, 0.3) is 0 Å². The van der Waals surface area contributed by atoms with Crippen LogP contribution >= 0.6 is 12.6 Å². The fraction of sp³-hybridized carbons (Fsp3) is 0.111. The van der Waals surface area contributed by atoms with Gasteiger partial charge in [-0.15, -0.1) is 12.6 Å². The molecule has 0 aliphatic heterocycles. The van der Waals surface area contributed by atoms with Gasteiger partial charge in [-0.1, -0.05) is 0 Å². The van der Waals surface area contributed by atoms with Crippen molar-refractivity contribution in [2.45, 2.75) is 11.4 Å². The van der Waals surface area contributed by atoms with E-state index in [2.05, 4.69) is 12.6 Å². The van der Waals surface area contributed by atoms with Crippen LogP contribution in [0.4, 0.5) is 0 Å². The summed E-state index contributed by atoms with van der Waals surface area (Å²) in [5.74, 6) is -1.11. The van der Waals surface area contributed by atoms with E-state index >= 15 is 0 Å². The Morgan fingerprint density at radius 2 is 2.29 bits per heavy atom. The molecule has 72 valence electrons. The molecule has 0 saturated heterocycles. The third-order valence-corrected chi connectivity index (χ3v) is 2.30. The van der Waals surface area contributed by atoms with Gasteiger partial charge in [-0.05, 0) is 17.7 Å². The minimum absolute atomic E-state index is 0.00725. The van der Waals surface area contributed by atoms with E-state index in [0.29, 0.717) is 10.5 Å². The van der Waals surface area contributed by atoms with Gasteiger partial charge < -0.3 is 10.8 Å². The third-order valence-electron chi connectivity index (χ3n) is 1.77. The average molecular weight is 208 g/mol. The van der Waals surface area contributed by atoms with Crippen molar-refractivity contribution in [2.75, 3.05) is 0 Å². The Hall–Kier alpha value is -1.51. The number of hydrogen-bond donors (Lipinski definition) is 3. The molecule has 0 radical (unpaired) electrons. The molecule has 0 heterocycles. The van der Waals surface area contributed by atoms with Gasteiger partial charge in [0.25, 0.3) is 0 Å². The average Bonchev–Trinajstić information content (AvgIpc) is 2.17. The van der Waals surface area contributed by atoms with Crippen molar-refractivity contribution in [3.05, 3.63) is 28.8 Å². The van der Waals surface area contributed by atoms with Gasteiger partial charge in [-0.25, -0.2) is 4.79 Å². The fourth-order valence-electron chi connectivity index (χ4n) is 1.08. The van der Waals surface area contributed by atoms with Crippen LogP contribution in [0.5, 0.6) is 0 Å².